The molecule has 2 aromatic heterocycles. The van der Waals surface area contributed by atoms with Crippen LogP contribution in [0.4, 0.5) is 5.00 Å². The Balaban J connectivity index is 2.25. The van der Waals surface area contributed by atoms with Gasteiger partial charge in [0.25, 0.3) is 5.89 Å². The second kappa shape index (κ2) is 4.84. The summed E-state index contributed by atoms with van der Waals surface area (Å²) in [6.07, 6.45) is 0. The molecule has 0 atom stereocenters. The van der Waals surface area contributed by atoms with Crippen molar-refractivity contribution in [1.29, 1.82) is 0 Å². The van der Waals surface area contributed by atoms with Crippen LogP contribution in [0.25, 0.3) is 11.5 Å². The smallest absolute Gasteiger partial charge is 0.262 e. The molecule has 16 heavy (non-hydrogen) atoms. The fourth-order valence-corrected chi connectivity index (χ4v) is 2.41. The van der Waals surface area contributed by atoms with Crippen LogP contribution in [0.15, 0.2) is 4.52 Å². The molecule has 0 aromatic carbocycles. The number of thioether (sulfide) groups is 1. The molecule has 0 amide bonds. The molecule has 86 valence electrons. The van der Waals surface area contributed by atoms with E-state index >= 15 is 0 Å². The van der Waals surface area contributed by atoms with Gasteiger partial charge < -0.3 is 10.3 Å². The zero-order valence-corrected chi connectivity index (χ0v) is 10.7. The monoisotopic (exact) mass is 256 g/mol. The standard InChI is InChI=1S/C9H12N4OS2/c1-3-15-4-6-11-9(14-12-6)7-5(2)13-16-8(7)10/h3-4,10H2,1-2H3. The second-order valence-corrected chi connectivity index (χ2v) is 5.24. The molecule has 0 spiro atoms. The van der Waals surface area contributed by atoms with Gasteiger partial charge in [0.15, 0.2) is 5.82 Å². The average molecular weight is 256 g/mol. The van der Waals surface area contributed by atoms with Gasteiger partial charge in [-0.3, -0.25) is 0 Å². The molecule has 2 aromatic rings. The van der Waals surface area contributed by atoms with Gasteiger partial charge in [-0.05, 0) is 24.2 Å². The number of nitrogen functional groups attached to an aromatic ring is 1. The summed E-state index contributed by atoms with van der Waals surface area (Å²) in [7, 11) is 0. The van der Waals surface area contributed by atoms with E-state index in [1.54, 1.807) is 11.8 Å². The first-order valence-electron chi connectivity index (χ1n) is 4.84. The molecule has 2 heterocycles. The van der Waals surface area contributed by atoms with Crippen molar-refractivity contribution in [1.82, 2.24) is 14.5 Å². The summed E-state index contributed by atoms with van der Waals surface area (Å²) in [5.74, 6) is 2.96. The molecule has 0 fully saturated rings. The van der Waals surface area contributed by atoms with Gasteiger partial charge in [-0.25, -0.2) is 0 Å². The highest BCUT2D eigenvalue weighted by molar-refractivity contribution is 7.98. The van der Waals surface area contributed by atoms with Crippen molar-refractivity contribution in [3.8, 4) is 11.5 Å². The maximum Gasteiger partial charge on any atom is 0.262 e. The first kappa shape index (κ1) is 11.4. The summed E-state index contributed by atoms with van der Waals surface area (Å²) in [4.78, 5) is 4.30. The maximum atomic E-state index is 5.81. The number of aryl methyl sites for hydroxylation is 1. The Kier molecular flexibility index (Phi) is 3.45. The highest BCUT2D eigenvalue weighted by Gasteiger charge is 2.17. The van der Waals surface area contributed by atoms with E-state index in [9.17, 15) is 0 Å². The van der Waals surface area contributed by atoms with Gasteiger partial charge in [0.2, 0.25) is 0 Å². The maximum absolute atomic E-state index is 5.81. The number of nitrogens with two attached hydrogens (primary N) is 1. The van der Waals surface area contributed by atoms with Crippen LogP contribution >= 0.6 is 23.3 Å². The van der Waals surface area contributed by atoms with E-state index in [1.807, 2.05) is 6.92 Å². The van der Waals surface area contributed by atoms with Crippen molar-refractivity contribution < 1.29 is 4.52 Å². The normalized spacial score (nSPS) is 10.9. The van der Waals surface area contributed by atoms with E-state index in [0.29, 0.717) is 16.7 Å². The summed E-state index contributed by atoms with van der Waals surface area (Å²) in [6, 6.07) is 0. The average Bonchev–Trinajstić information content (AvgIpc) is 2.83. The number of hydrogen-bond donors (Lipinski definition) is 1. The van der Waals surface area contributed by atoms with Crippen LogP contribution in [0.5, 0.6) is 0 Å². The van der Waals surface area contributed by atoms with Crippen molar-refractivity contribution in [3.05, 3.63) is 11.5 Å². The van der Waals surface area contributed by atoms with Crippen LogP contribution in [0.2, 0.25) is 0 Å². The Bertz CT molecular complexity index is 460. The minimum Gasteiger partial charge on any atom is -0.389 e. The highest BCUT2D eigenvalue weighted by Crippen LogP contribution is 2.31. The van der Waals surface area contributed by atoms with Crippen molar-refractivity contribution >= 4 is 28.3 Å². The molecule has 0 saturated carbocycles. The van der Waals surface area contributed by atoms with Crippen molar-refractivity contribution in [3.63, 3.8) is 0 Å². The van der Waals surface area contributed by atoms with Gasteiger partial charge in [0.1, 0.15) is 5.00 Å². The van der Waals surface area contributed by atoms with Gasteiger partial charge in [-0.1, -0.05) is 12.1 Å². The quantitative estimate of drug-likeness (QED) is 0.904. The van der Waals surface area contributed by atoms with Gasteiger partial charge in [-0.15, -0.1) is 0 Å². The first-order valence-corrected chi connectivity index (χ1v) is 6.77. The molecule has 5 nitrogen and oxygen atoms in total. The number of anilines is 1. The fraction of sp³-hybridized carbons (Fsp3) is 0.444. The molecule has 0 aliphatic rings. The summed E-state index contributed by atoms with van der Waals surface area (Å²) in [5, 5.41) is 4.53. The molecule has 0 saturated heterocycles. The van der Waals surface area contributed by atoms with E-state index < -0.39 is 0 Å². The lowest BCUT2D eigenvalue weighted by molar-refractivity contribution is 0.425. The minimum absolute atomic E-state index is 0.468. The number of nitrogens with zero attached hydrogens (tertiary/aromatic N) is 3. The zero-order chi connectivity index (χ0) is 11.5. The molecular formula is C9H12N4OS2. The lowest BCUT2D eigenvalue weighted by atomic mass is 10.2. The van der Waals surface area contributed by atoms with E-state index in [0.717, 1.165) is 22.8 Å². The van der Waals surface area contributed by atoms with E-state index in [1.165, 1.54) is 11.5 Å². The van der Waals surface area contributed by atoms with Gasteiger partial charge in [0, 0.05) is 0 Å². The Morgan fingerprint density at radius 2 is 2.31 bits per heavy atom. The van der Waals surface area contributed by atoms with Crippen LogP contribution in [0.3, 0.4) is 0 Å². The second-order valence-electron chi connectivity index (χ2n) is 3.16. The van der Waals surface area contributed by atoms with Crippen LogP contribution in [0.1, 0.15) is 18.4 Å². The minimum atomic E-state index is 0.468. The third-order valence-corrected chi connectivity index (χ3v) is 3.64. The van der Waals surface area contributed by atoms with Crippen LogP contribution in [0, 0.1) is 6.92 Å². The molecule has 2 rings (SSSR count). The Hall–Kier alpha value is -1.08. The third-order valence-electron chi connectivity index (χ3n) is 2.01. The third kappa shape index (κ3) is 2.19. The molecule has 7 heteroatoms. The van der Waals surface area contributed by atoms with E-state index in [-0.39, 0.29) is 0 Å². The molecule has 0 aliphatic carbocycles. The van der Waals surface area contributed by atoms with E-state index in [4.69, 9.17) is 10.3 Å². The SMILES string of the molecule is CCSCc1noc(-c2c(C)nsc2N)n1. The van der Waals surface area contributed by atoms with E-state index in [2.05, 4.69) is 21.4 Å². The molecule has 0 radical (unpaired) electrons. The lowest BCUT2D eigenvalue weighted by Crippen LogP contribution is -1.87. The Labute approximate surface area is 102 Å². The first-order chi connectivity index (χ1) is 7.72. The summed E-state index contributed by atoms with van der Waals surface area (Å²) >= 11 is 3.00. The molecule has 0 aliphatic heterocycles. The van der Waals surface area contributed by atoms with Crippen LogP contribution < -0.4 is 5.73 Å². The summed E-state index contributed by atoms with van der Waals surface area (Å²) in [5.41, 5.74) is 7.41. The number of rotatable bonds is 4. The Morgan fingerprint density at radius 3 is 2.94 bits per heavy atom. The fourth-order valence-electron chi connectivity index (χ4n) is 1.25. The van der Waals surface area contributed by atoms with Crippen LogP contribution in [-0.4, -0.2) is 20.3 Å². The summed E-state index contributed by atoms with van der Waals surface area (Å²) in [6.45, 7) is 3.98. The zero-order valence-electron chi connectivity index (χ0n) is 9.06. The van der Waals surface area contributed by atoms with Gasteiger partial charge >= 0.3 is 0 Å². The Morgan fingerprint density at radius 1 is 1.50 bits per heavy atom. The molecule has 0 bridgehead atoms. The predicted molar refractivity (Wildman–Crippen MR) is 66.4 cm³/mol. The summed E-state index contributed by atoms with van der Waals surface area (Å²) < 4.78 is 9.33. The van der Waals surface area contributed by atoms with Crippen LogP contribution in [-0.2, 0) is 5.75 Å². The van der Waals surface area contributed by atoms with Gasteiger partial charge in [0.05, 0.1) is 17.0 Å². The largest absolute Gasteiger partial charge is 0.389 e. The molecular weight excluding hydrogens is 244 g/mol. The lowest BCUT2D eigenvalue weighted by Gasteiger charge is -1.91. The molecule has 2 N–H and O–H groups in total. The van der Waals surface area contributed by atoms with Gasteiger partial charge in [-0.2, -0.15) is 21.1 Å². The van der Waals surface area contributed by atoms with Crippen molar-refractivity contribution in [2.75, 3.05) is 11.5 Å². The number of hydrogen-bond acceptors (Lipinski definition) is 7. The van der Waals surface area contributed by atoms with Crippen molar-refractivity contribution in [2.24, 2.45) is 0 Å². The highest BCUT2D eigenvalue weighted by atomic mass is 32.2. The topological polar surface area (TPSA) is 77.8 Å². The molecule has 0 unspecified atom stereocenters. The van der Waals surface area contributed by atoms with Crippen molar-refractivity contribution in [2.45, 2.75) is 19.6 Å². The number of aromatic nitrogens is 3. The predicted octanol–water partition coefficient (Wildman–Crippen LogP) is 2.34.